The van der Waals surface area contributed by atoms with E-state index in [1.807, 2.05) is 19.1 Å². The van der Waals surface area contributed by atoms with Crippen molar-refractivity contribution in [3.63, 3.8) is 0 Å². The maximum atomic E-state index is 12.1. The van der Waals surface area contributed by atoms with E-state index in [1.165, 1.54) is 5.56 Å². The van der Waals surface area contributed by atoms with Crippen molar-refractivity contribution in [3.8, 4) is 0 Å². The van der Waals surface area contributed by atoms with Crippen LogP contribution in [0.1, 0.15) is 32.3 Å². The van der Waals surface area contributed by atoms with Crippen LogP contribution in [0.25, 0.3) is 0 Å². The number of rotatable bonds is 5. The quantitative estimate of drug-likeness (QED) is 0.894. The minimum atomic E-state index is -0.224. The molecule has 4 heteroatoms. The van der Waals surface area contributed by atoms with Gasteiger partial charge in [0, 0.05) is 25.2 Å². The number of hydrogen-bond donors (Lipinski definition) is 1. The summed E-state index contributed by atoms with van der Waals surface area (Å²) in [5.74, 6) is -0.215. The fraction of sp³-hybridized carbons (Fsp3) is 0.500. The standard InChI is InChI=1S/C16H22N2O2/c1-3-5-12-6-8-14(9-7-12)18-11-13(10-15(18)19)16(20)17-4-2/h6-9,13H,3-5,10-11H2,1-2H3,(H,17,20). The Morgan fingerprint density at radius 3 is 2.60 bits per heavy atom. The lowest BCUT2D eigenvalue weighted by Crippen LogP contribution is -2.32. The molecule has 108 valence electrons. The van der Waals surface area contributed by atoms with Crippen LogP contribution in [0.4, 0.5) is 5.69 Å². The van der Waals surface area contributed by atoms with Crippen LogP contribution < -0.4 is 10.2 Å². The summed E-state index contributed by atoms with van der Waals surface area (Å²) < 4.78 is 0. The van der Waals surface area contributed by atoms with Crippen molar-refractivity contribution in [2.24, 2.45) is 5.92 Å². The molecule has 1 aromatic carbocycles. The van der Waals surface area contributed by atoms with Crippen LogP contribution in [-0.2, 0) is 16.0 Å². The van der Waals surface area contributed by atoms with E-state index in [0.717, 1.165) is 18.5 Å². The Hall–Kier alpha value is -1.84. The SMILES string of the molecule is CCCc1ccc(N2CC(C(=O)NCC)CC2=O)cc1. The van der Waals surface area contributed by atoms with Crippen LogP contribution in [0.2, 0.25) is 0 Å². The lowest BCUT2D eigenvalue weighted by molar-refractivity contribution is -0.126. The van der Waals surface area contributed by atoms with Gasteiger partial charge in [0.1, 0.15) is 0 Å². The second kappa shape index (κ2) is 6.55. The Labute approximate surface area is 120 Å². The molecule has 1 fully saturated rings. The van der Waals surface area contributed by atoms with E-state index in [-0.39, 0.29) is 17.7 Å². The van der Waals surface area contributed by atoms with Crippen molar-refractivity contribution in [2.45, 2.75) is 33.1 Å². The number of nitrogens with zero attached hydrogens (tertiary/aromatic N) is 1. The predicted molar refractivity (Wildman–Crippen MR) is 79.6 cm³/mol. The molecule has 1 saturated heterocycles. The van der Waals surface area contributed by atoms with E-state index in [9.17, 15) is 9.59 Å². The molecular weight excluding hydrogens is 252 g/mol. The first-order chi connectivity index (χ1) is 9.65. The average molecular weight is 274 g/mol. The Balaban J connectivity index is 2.05. The number of amides is 2. The summed E-state index contributed by atoms with van der Waals surface area (Å²) in [6.45, 7) is 5.13. The van der Waals surface area contributed by atoms with E-state index < -0.39 is 0 Å². The van der Waals surface area contributed by atoms with Gasteiger partial charge in [-0.3, -0.25) is 9.59 Å². The monoisotopic (exact) mass is 274 g/mol. The Morgan fingerprint density at radius 1 is 1.30 bits per heavy atom. The Kier molecular flexibility index (Phi) is 4.77. The van der Waals surface area contributed by atoms with Crippen molar-refractivity contribution in [3.05, 3.63) is 29.8 Å². The van der Waals surface area contributed by atoms with Gasteiger partial charge in [0.05, 0.1) is 5.92 Å². The zero-order chi connectivity index (χ0) is 14.5. The average Bonchev–Trinajstić information content (AvgIpc) is 2.83. The summed E-state index contributed by atoms with van der Waals surface area (Å²) in [5.41, 5.74) is 2.17. The first-order valence-corrected chi connectivity index (χ1v) is 7.32. The highest BCUT2D eigenvalue weighted by Crippen LogP contribution is 2.25. The number of aryl methyl sites for hydroxylation is 1. The molecule has 4 nitrogen and oxygen atoms in total. The molecule has 1 aliphatic rings. The van der Waals surface area contributed by atoms with Gasteiger partial charge in [-0.05, 0) is 31.0 Å². The smallest absolute Gasteiger partial charge is 0.227 e. The van der Waals surface area contributed by atoms with Gasteiger partial charge in [0.25, 0.3) is 0 Å². The second-order valence-corrected chi connectivity index (χ2v) is 5.22. The van der Waals surface area contributed by atoms with Crippen LogP contribution in [0.3, 0.4) is 0 Å². The van der Waals surface area contributed by atoms with Crippen LogP contribution in [-0.4, -0.2) is 24.9 Å². The number of nitrogens with one attached hydrogen (secondary N) is 1. The van der Waals surface area contributed by atoms with E-state index in [4.69, 9.17) is 0 Å². The van der Waals surface area contributed by atoms with Gasteiger partial charge in [-0.15, -0.1) is 0 Å². The molecule has 20 heavy (non-hydrogen) atoms. The third kappa shape index (κ3) is 3.18. The molecule has 1 N–H and O–H groups in total. The van der Waals surface area contributed by atoms with Crippen LogP contribution >= 0.6 is 0 Å². The van der Waals surface area contributed by atoms with E-state index >= 15 is 0 Å². The van der Waals surface area contributed by atoms with E-state index in [0.29, 0.717) is 19.5 Å². The van der Waals surface area contributed by atoms with Gasteiger partial charge in [-0.25, -0.2) is 0 Å². The van der Waals surface area contributed by atoms with Gasteiger partial charge in [0.2, 0.25) is 11.8 Å². The molecule has 1 aromatic rings. The number of benzene rings is 1. The molecule has 0 radical (unpaired) electrons. The Bertz CT molecular complexity index is 482. The highest BCUT2D eigenvalue weighted by Gasteiger charge is 2.34. The molecule has 2 rings (SSSR count). The zero-order valence-corrected chi connectivity index (χ0v) is 12.2. The molecule has 1 heterocycles. The third-order valence-electron chi connectivity index (χ3n) is 3.63. The number of carbonyl (C=O) groups excluding carboxylic acids is 2. The Morgan fingerprint density at radius 2 is 2.00 bits per heavy atom. The van der Waals surface area contributed by atoms with E-state index in [2.05, 4.69) is 24.4 Å². The topological polar surface area (TPSA) is 49.4 Å². The maximum absolute atomic E-state index is 12.1. The highest BCUT2D eigenvalue weighted by molar-refractivity contribution is 6.00. The summed E-state index contributed by atoms with van der Waals surface area (Å²) in [7, 11) is 0. The van der Waals surface area contributed by atoms with Gasteiger partial charge >= 0.3 is 0 Å². The third-order valence-corrected chi connectivity index (χ3v) is 3.63. The predicted octanol–water partition coefficient (Wildman–Crippen LogP) is 2.13. The molecule has 0 bridgehead atoms. The molecule has 0 saturated carbocycles. The maximum Gasteiger partial charge on any atom is 0.227 e. The fourth-order valence-corrected chi connectivity index (χ4v) is 2.58. The lowest BCUT2D eigenvalue weighted by Gasteiger charge is -2.17. The molecule has 0 aliphatic carbocycles. The number of anilines is 1. The molecule has 1 aliphatic heterocycles. The molecule has 0 spiro atoms. The first-order valence-electron chi connectivity index (χ1n) is 7.32. The molecule has 0 aromatic heterocycles. The fourth-order valence-electron chi connectivity index (χ4n) is 2.58. The molecule has 1 atom stereocenters. The van der Waals surface area contributed by atoms with Crippen LogP contribution in [0.15, 0.2) is 24.3 Å². The lowest BCUT2D eigenvalue weighted by atomic mass is 10.1. The zero-order valence-electron chi connectivity index (χ0n) is 12.2. The number of hydrogen-bond acceptors (Lipinski definition) is 2. The molecular formula is C16H22N2O2. The van der Waals surface area contributed by atoms with Gasteiger partial charge < -0.3 is 10.2 Å². The van der Waals surface area contributed by atoms with Crippen molar-refractivity contribution >= 4 is 17.5 Å². The van der Waals surface area contributed by atoms with Gasteiger partial charge in [-0.1, -0.05) is 25.5 Å². The highest BCUT2D eigenvalue weighted by atomic mass is 16.2. The van der Waals surface area contributed by atoms with Crippen molar-refractivity contribution in [2.75, 3.05) is 18.0 Å². The van der Waals surface area contributed by atoms with Gasteiger partial charge in [-0.2, -0.15) is 0 Å². The van der Waals surface area contributed by atoms with Crippen molar-refractivity contribution in [1.82, 2.24) is 5.32 Å². The van der Waals surface area contributed by atoms with E-state index in [1.54, 1.807) is 4.90 Å². The van der Waals surface area contributed by atoms with Crippen molar-refractivity contribution < 1.29 is 9.59 Å². The summed E-state index contributed by atoms with van der Waals surface area (Å²) in [4.78, 5) is 25.6. The molecule has 1 unspecified atom stereocenters. The minimum Gasteiger partial charge on any atom is -0.356 e. The summed E-state index contributed by atoms with van der Waals surface area (Å²) in [5, 5.41) is 2.79. The van der Waals surface area contributed by atoms with Gasteiger partial charge in [0.15, 0.2) is 0 Å². The largest absolute Gasteiger partial charge is 0.356 e. The number of carbonyl (C=O) groups is 2. The van der Waals surface area contributed by atoms with Crippen LogP contribution in [0, 0.1) is 5.92 Å². The normalized spacial score (nSPS) is 18.4. The summed E-state index contributed by atoms with van der Waals surface area (Å²) in [6.07, 6.45) is 2.47. The van der Waals surface area contributed by atoms with Crippen molar-refractivity contribution in [1.29, 1.82) is 0 Å². The molecule has 2 amide bonds. The van der Waals surface area contributed by atoms with Crippen LogP contribution in [0.5, 0.6) is 0 Å². The summed E-state index contributed by atoms with van der Waals surface area (Å²) >= 11 is 0. The first kappa shape index (κ1) is 14.6. The minimum absolute atomic E-state index is 0.0223. The summed E-state index contributed by atoms with van der Waals surface area (Å²) in [6, 6.07) is 8.07. The second-order valence-electron chi connectivity index (χ2n) is 5.22.